The first kappa shape index (κ1) is 10.3. The van der Waals surface area contributed by atoms with Crippen LogP contribution in [0.25, 0.3) is 16.2 Å². The molecule has 0 unspecified atom stereocenters. The van der Waals surface area contributed by atoms with Crippen molar-refractivity contribution in [1.29, 1.82) is 0 Å². The summed E-state index contributed by atoms with van der Waals surface area (Å²) in [5, 5.41) is 0. The molecular weight excluding hydrogens is 308 g/mol. The largest absolute Gasteiger partial charge is 0.298 e. The van der Waals surface area contributed by atoms with Crippen molar-refractivity contribution < 1.29 is 0 Å². The van der Waals surface area contributed by atoms with E-state index in [1.54, 1.807) is 0 Å². The van der Waals surface area contributed by atoms with Gasteiger partial charge in [-0.1, -0.05) is 11.6 Å². The molecule has 0 bridgehead atoms. The highest BCUT2D eigenvalue weighted by molar-refractivity contribution is 9.10. The van der Waals surface area contributed by atoms with Gasteiger partial charge in [-0.2, -0.15) is 0 Å². The normalized spacial score (nSPS) is 11.1. The molecule has 0 aromatic carbocycles. The van der Waals surface area contributed by atoms with Crippen molar-refractivity contribution in [2.45, 2.75) is 0 Å². The van der Waals surface area contributed by atoms with Crippen LogP contribution in [0.1, 0.15) is 0 Å². The highest BCUT2D eigenvalue weighted by atomic mass is 79.9. The zero-order valence-corrected chi connectivity index (χ0v) is 11.2. The van der Waals surface area contributed by atoms with Crippen LogP contribution in [0.4, 0.5) is 0 Å². The quantitative estimate of drug-likeness (QED) is 0.647. The Hall–Kier alpha value is -0.840. The Bertz CT molecular complexity index is 659. The third kappa shape index (κ3) is 1.57. The molecule has 0 saturated carbocycles. The molecule has 3 aromatic rings. The molecule has 0 fully saturated rings. The van der Waals surface area contributed by atoms with Crippen LogP contribution in [-0.2, 0) is 0 Å². The fraction of sp³-hybridized carbons (Fsp3) is 0. The lowest BCUT2D eigenvalue weighted by molar-refractivity contribution is 1.17. The smallest absolute Gasteiger partial charge is 0.154 e. The number of pyridine rings is 1. The van der Waals surface area contributed by atoms with E-state index in [1.165, 1.54) is 11.3 Å². The molecule has 5 heteroatoms. The molecule has 3 aromatic heterocycles. The van der Waals surface area contributed by atoms with Crippen molar-refractivity contribution in [2.24, 2.45) is 0 Å². The predicted octanol–water partition coefficient (Wildman–Crippen LogP) is 4.48. The van der Waals surface area contributed by atoms with Gasteiger partial charge in [0.05, 0.1) is 20.9 Å². The van der Waals surface area contributed by atoms with Gasteiger partial charge in [-0.25, -0.2) is 4.98 Å². The van der Waals surface area contributed by atoms with Crippen LogP contribution in [0.2, 0.25) is 4.34 Å². The summed E-state index contributed by atoms with van der Waals surface area (Å²) in [4.78, 5) is 5.50. The summed E-state index contributed by atoms with van der Waals surface area (Å²) in [5.41, 5.74) is 1.06. The van der Waals surface area contributed by atoms with Gasteiger partial charge in [-0.05, 0) is 40.2 Å². The fourth-order valence-corrected chi connectivity index (χ4v) is 3.09. The number of fused-ring (bicyclic) bond motifs is 1. The number of halogens is 2. The summed E-state index contributed by atoms with van der Waals surface area (Å²) >= 11 is 11.0. The summed E-state index contributed by atoms with van der Waals surface area (Å²) in [7, 11) is 0. The van der Waals surface area contributed by atoms with E-state index in [0.717, 1.165) is 25.0 Å². The number of nitrogens with zero attached hydrogens (tertiary/aromatic N) is 2. The van der Waals surface area contributed by atoms with Crippen LogP contribution in [-0.4, -0.2) is 9.38 Å². The first-order valence-corrected chi connectivity index (χ1v) is 6.62. The Morgan fingerprint density at radius 1 is 1.31 bits per heavy atom. The van der Waals surface area contributed by atoms with E-state index in [9.17, 15) is 0 Å². The lowest BCUT2D eigenvalue weighted by atomic mass is 10.4. The molecule has 0 aliphatic heterocycles. The Morgan fingerprint density at radius 3 is 2.94 bits per heavy atom. The molecule has 0 atom stereocenters. The van der Waals surface area contributed by atoms with Gasteiger partial charge in [0.2, 0.25) is 0 Å². The van der Waals surface area contributed by atoms with E-state index in [-0.39, 0.29) is 0 Å². The molecule has 3 heterocycles. The van der Waals surface area contributed by atoms with Crippen LogP contribution in [0.3, 0.4) is 0 Å². The standard InChI is InChI=1S/C11H6BrClN2S/c12-7-2-1-5-15-8(7)6-14-11(15)9-3-4-10(13)16-9/h1-6H. The van der Waals surface area contributed by atoms with Gasteiger partial charge in [0.1, 0.15) is 0 Å². The first-order valence-electron chi connectivity index (χ1n) is 4.63. The highest BCUT2D eigenvalue weighted by Crippen LogP contribution is 2.31. The van der Waals surface area contributed by atoms with Crippen LogP contribution in [0.15, 0.2) is 41.1 Å². The summed E-state index contributed by atoms with van der Waals surface area (Å²) in [6.45, 7) is 0. The third-order valence-electron chi connectivity index (χ3n) is 2.31. The molecular formula is C11H6BrClN2S. The molecule has 0 aliphatic rings. The SMILES string of the molecule is Clc1ccc(-c2ncc3c(Br)cccn23)s1. The number of aromatic nitrogens is 2. The number of rotatable bonds is 1. The molecule has 0 radical (unpaired) electrons. The minimum atomic E-state index is 0.779. The highest BCUT2D eigenvalue weighted by Gasteiger charge is 2.09. The maximum absolute atomic E-state index is 5.93. The van der Waals surface area contributed by atoms with Crippen LogP contribution in [0.5, 0.6) is 0 Å². The molecule has 0 N–H and O–H groups in total. The molecule has 16 heavy (non-hydrogen) atoms. The van der Waals surface area contributed by atoms with E-state index in [1.807, 2.05) is 41.1 Å². The van der Waals surface area contributed by atoms with E-state index < -0.39 is 0 Å². The lowest BCUT2D eigenvalue weighted by Crippen LogP contribution is -1.86. The van der Waals surface area contributed by atoms with Crippen molar-refractivity contribution in [2.75, 3.05) is 0 Å². The lowest BCUT2D eigenvalue weighted by Gasteiger charge is -1.99. The molecule has 0 saturated heterocycles. The van der Waals surface area contributed by atoms with Gasteiger partial charge in [0, 0.05) is 10.7 Å². The van der Waals surface area contributed by atoms with Crippen LogP contribution < -0.4 is 0 Å². The van der Waals surface area contributed by atoms with E-state index in [0.29, 0.717) is 0 Å². The minimum absolute atomic E-state index is 0.779. The molecule has 0 amide bonds. The fourth-order valence-electron chi connectivity index (χ4n) is 1.60. The van der Waals surface area contributed by atoms with Crippen LogP contribution in [0, 0.1) is 0 Å². The van der Waals surface area contributed by atoms with Crippen molar-refractivity contribution >= 4 is 44.4 Å². The van der Waals surface area contributed by atoms with E-state index in [2.05, 4.69) is 20.9 Å². The Kier molecular flexibility index (Phi) is 2.50. The Morgan fingerprint density at radius 2 is 2.19 bits per heavy atom. The average Bonchev–Trinajstić information content (AvgIpc) is 2.84. The number of thiophene rings is 1. The van der Waals surface area contributed by atoms with Gasteiger partial charge >= 0.3 is 0 Å². The van der Waals surface area contributed by atoms with Gasteiger partial charge in [0.25, 0.3) is 0 Å². The molecule has 3 rings (SSSR count). The minimum Gasteiger partial charge on any atom is -0.298 e. The zero-order chi connectivity index (χ0) is 11.1. The second kappa shape index (κ2) is 3.87. The van der Waals surface area contributed by atoms with Crippen molar-refractivity contribution in [3.63, 3.8) is 0 Å². The summed E-state index contributed by atoms with van der Waals surface area (Å²) in [6, 6.07) is 7.86. The number of hydrogen-bond donors (Lipinski definition) is 0. The zero-order valence-electron chi connectivity index (χ0n) is 8.02. The molecule has 80 valence electrons. The second-order valence-corrected chi connectivity index (χ2v) is 5.87. The molecule has 0 spiro atoms. The van der Waals surface area contributed by atoms with Crippen molar-refractivity contribution in [3.05, 3.63) is 45.5 Å². The van der Waals surface area contributed by atoms with E-state index in [4.69, 9.17) is 11.6 Å². The number of imidazole rings is 1. The first-order chi connectivity index (χ1) is 7.75. The average molecular weight is 314 g/mol. The topological polar surface area (TPSA) is 17.3 Å². The Balaban J connectivity index is 2.29. The molecule has 0 aliphatic carbocycles. The van der Waals surface area contributed by atoms with Gasteiger partial charge < -0.3 is 0 Å². The summed E-state index contributed by atoms with van der Waals surface area (Å²) in [5.74, 6) is 0.924. The molecule has 2 nitrogen and oxygen atoms in total. The number of hydrogen-bond acceptors (Lipinski definition) is 2. The predicted molar refractivity (Wildman–Crippen MR) is 71.2 cm³/mol. The summed E-state index contributed by atoms with van der Waals surface area (Å²) < 4.78 is 3.87. The monoisotopic (exact) mass is 312 g/mol. The maximum atomic E-state index is 5.93. The second-order valence-electron chi connectivity index (χ2n) is 3.30. The van der Waals surface area contributed by atoms with Gasteiger partial charge in [0.15, 0.2) is 5.82 Å². The maximum Gasteiger partial charge on any atom is 0.154 e. The van der Waals surface area contributed by atoms with Crippen molar-refractivity contribution in [1.82, 2.24) is 9.38 Å². The van der Waals surface area contributed by atoms with E-state index >= 15 is 0 Å². The van der Waals surface area contributed by atoms with Crippen molar-refractivity contribution in [3.8, 4) is 10.7 Å². The Labute approximate surface area is 110 Å². The van der Waals surface area contributed by atoms with Gasteiger partial charge in [-0.3, -0.25) is 4.40 Å². The summed E-state index contributed by atoms with van der Waals surface area (Å²) in [6.07, 6.45) is 3.85. The van der Waals surface area contributed by atoms with Gasteiger partial charge in [-0.15, -0.1) is 11.3 Å². The van der Waals surface area contributed by atoms with Crippen LogP contribution >= 0.6 is 38.9 Å². The third-order valence-corrected chi connectivity index (χ3v) is 4.21.